The van der Waals surface area contributed by atoms with Crippen LogP contribution in [0.4, 0.5) is 0 Å². The van der Waals surface area contributed by atoms with E-state index in [1.807, 2.05) is 23.5 Å². The van der Waals surface area contributed by atoms with Gasteiger partial charge in [-0.1, -0.05) is 69.3 Å². The molecular formula is C20H26S2. The minimum Gasteiger partial charge on any atom is -0.157 e. The standard InChI is InChI=1S/C20H26S2/c1-4-21-14-17-5-9-19(10-6-17)20-11-7-18(8-12-20)15-22-13-16(2)3/h5-12,16H,4,13-15H2,1-3H3. The average molecular weight is 331 g/mol. The molecule has 2 aromatic carbocycles. The number of hydrogen-bond donors (Lipinski definition) is 0. The van der Waals surface area contributed by atoms with Gasteiger partial charge in [0, 0.05) is 11.5 Å². The maximum absolute atomic E-state index is 2.28. The summed E-state index contributed by atoms with van der Waals surface area (Å²) in [5, 5.41) is 0. The molecule has 0 amide bonds. The first-order valence-corrected chi connectivity index (χ1v) is 10.3. The van der Waals surface area contributed by atoms with Crippen LogP contribution in [0.15, 0.2) is 48.5 Å². The van der Waals surface area contributed by atoms with Crippen LogP contribution in [0.1, 0.15) is 31.9 Å². The summed E-state index contributed by atoms with van der Waals surface area (Å²) in [5.41, 5.74) is 5.46. The zero-order valence-electron chi connectivity index (χ0n) is 13.8. The third-order valence-corrected chi connectivity index (χ3v) is 5.82. The molecule has 2 aromatic rings. The predicted molar refractivity (Wildman–Crippen MR) is 105 cm³/mol. The molecule has 0 N–H and O–H groups in total. The Kier molecular flexibility index (Phi) is 7.41. The SMILES string of the molecule is CCSCc1ccc(-c2ccc(CSCC(C)C)cc2)cc1. The van der Waals surface area contributed by atoms with Crippen molar-refractivity contribution in [2.45, 2.75) is 32.3 Å². The summed E-state index contributed by atoms with van der Waals surface area (Å²) >= 11 is 4.00. The van der Waals surface area contributed by atoms with E-state index in [1.54, 1.807) is 0 Å². The van der Waals surface area contributed by atoms with Crippen LogP contribution in [0.5, 0.6) is 0 Å². The Hall–Kier alpha value is -0.860. The van der Waals surface area contributed by atoms with Crippen LogP contribution >= 0.6 is 23.5 Å². The lowest BCUT2D eigenvalue weighted by Crippen LogP contribution is -1.91. The van der Waals surface area contributed by atoms with Crippen molar-refractivity contribution in [3.63, 3.8) is 0 Å². The van der Waals surface area contributed by atoms with Gasteiger partial charge in [-0.25, -0.2) is 0 Å². The molecule has 0 heterocycles. The molecule has 22 heavy (non-hydrogen) atoms. The van der Waals surface area contributed by atoms with E-state index in [-0.39, 0.29) is 0 Å². The van der Waals surface area contributed by atoms with Crippen molar-refractivity contribution in [2.75, 3.05) is 11.5 Å². The van der Waals surface area contributed by atoms with Gasteiger partial charge in [0.15, 0.2) is 0 Å². The van der Waals surface area contributed by atoms with E-state index in [2.05, 4.69) is 69.3 Å². The van der Waals surface area contributed by atoms with Gasteiger partial charge in [-0.05, 0) is 39.7 Å². The predicted octanol–water partition coefficient (Wildman–Crippen LogP) is 6.50. The first kappa shape index (κ1) is 17.5. The molecule has 0 spiro atoms. The van der Waals surface area contributed by atoms with Crippen molar-refractivity contribution in [3.05, 3.63) is 59.7 Å². The molecule has 0 bridgehead atoms. The van der Waals surface area contributed by atoms with E-state index in [0.717, 1.165) is 17.4 Å². The molecular weight excluding hydrogens is 304 g/mol. The summed E-state index contributed by atoms with van der Waals surface area (Å²) < 4.78 is 0. The van der Waals surface area contributed by atoms with E-state index < -0.39 is 0 Å². The smallest absolute Gasteiger partial charge is 0.0184 e. The summed E-state index contributed by atoms with van der Waals surface area (Å²) in [5.74, 6) is 5.42. The molecule has 2 heteroatoms. The molecule has 0 atom stereocenters. The fourth-order valence-corrected chi connectivity index (χ4v) is 3.87. The lowest BCUT2D eigenvalue weighted by Gasteiger charge is -2.07. The Balaban J connectivity index is 1.94. The zero-order valence-corrected chi connectivity index (χ0v) is 15.5. The quantitative estimate of drug-likeness (QED) is 0.542. The maximum Gasteiger partial charge on any atom is 0.0184 e. The molecule has 0 nitrogen and oxygen atoms in total. The first-order chi connectivity index (χ1) is 10.7. The summed E-state index contributed by atoms with van der Waals surface area (Å²) in [6, 6.07) is 18.0. The van der Waals surface area contributed by atoms with Gasteiger partial charge in [-0.3, -0.25) is 0 Å². The molecule has 0 aliphatic carbocycles. The monoisotopic (exact) mass is 330 g/mol. The van der Waals surface area contributed by atoms with E-state index in [9.17, 15) is 0 Å². The van der Waals surface area contributed by atoms with E-state index in [1.165, 1.54) is 33.8 Å². The Morgan fingerprint density at radius 1 is 0.727 bits per heavy atom. The summed E-state index contributed by atoms with van der Waals surface area (Å²) in [4.78, 5) is 0. The fourth-order valence-electron chi connectivity index (χ4n) is 2.22. The van der Waals surface area contributed by atoms with Crippen LogP contribution < -0.4 is 0 Å². The van der Waals surface area contributed by atoms with Crippen molar-refractivity contribution in [3.8, 4) is 11.1 Å². The van der Waals surface area contributed by atoms with Crippen molar-refractivity contribution < 1.29 is 0 Å². The van der Waals surface area contributed by atoms with Gasteiger partial charge in [-0.2, -0.15) is 23.5 Å². The van der Waals surface area contributed by atoms with Gasteiger partial charge in [0.25, 0.3) is 0 Å². The van der Waals surface area contributed by atoms with Crippen LogP contribution in [-0.4, -0.2) is 11.5 Å². The minimum atomic E-state index is 0.772. The van der Waals surface area contributed by atoms with Crippen molar-refractivity contribution in [2.24, 2.45) is 5.92 Å². The zero-order chi connectivity index (χ0) is 15.8. The second kappa shape index (κ2) is 9.32. The van der Waals surface area contributed by atoms with Crippen molar-refractivity contribution in [1.29, 1.82) is 0 Å². The Bertz CT molecular complexity index is 541. The van der Waals surface area contributed by atoms with E-state index in [0.29, 0.717) is 0 Å². The minimum absolute atomic E-state index is 0.772. The summed E-state index contributed by atoms with van der Waals surface area (Å²) in [6.45, 7) is 6.76. The molecule has 0 aliphatic heterocycles. The molecule has 0 saturated heterocycles. The normalized spacial score (nSPS) is 11.1. The lowest BCUT2D eigenvalue weighted by atomic mass is 10.0. The number of thioether (sulfide) groups is 2. The van der Waals surface area contributed by atoms with Crippen LogP contribution in [0.25, 0.3) is 11.1 Å². The topological polar surface area (TPSA) is 0 Å². The maximum atomic E-state index is 2.28. The number of rotatable bonds is 8. The number of benzene rings is 2. The van der Waals surface area contributed by atoms with E-state index in [4.69, 9.17) is 0 Å². The fraction of sp³-hybridized carbons (Fsp3) is 0.400. The highest BCUT2D eigenvalue weighted by Crippen LogP contribution is 2.23. The van der Waals surface area contributed by atoms with Gasteiger partial charge in [0.2, 0.25) is 0 Å². The second-order valence-corrected chi connectivity index (χ2v) is 8.24. The highest BCUT2D eigenvalue weighted by atomic mass is 32.2. The third kappa shape index (κ3) is 5.73. The average Bonchev–Trinajstić information content (AvgIpc) is 2.54. The van der Waals surface area contributed by atoms with Gasteiger partial charge < -0.3 is 0 Å². The largest absolute Gasteiger partial charge is 0.157 e. The Morgan fingerprint density at radius 3 is 1.59 bits per heavy atom. The second-order valence-electron chi connectivity index (χ2n) is 5.94. The molecule has 0 aliphatic rings. The molecule has 0 unspecified atom stereocenters. The Labute approximate surface area is 144 Å². The van der Waals surface area contributed by atoms with Gasteiger partial charge in [0.1, 0.15) is 0 Å². The van der Waals surface area contributed by atoms with Gasteiger partial charge in [-0.15, -0.1) is 0 Å². The first-order valence-electron chi connectivity index (χ1n) is 8.02. The van der Waals surface area contributed by atoms with Crippen LogP contribution in [-0.2, 0) is 11.5 Å². The lowest BCUT2D eigenvalue weighted by molar-refractivity contribution is 0.750. The molecule has 0 saturated carbocycles. The highest BCUT2D eigenvalue weighted by Gasteiger charge is 2.01. The van der Waals surface area contributed by atoms with Crippen LogP contribution in [0.2, 0.25) is 0 Å². The molecule has 0 aromatic heterocycles. The van der Waals surface area contributed by atoms with Crippen molar-refractivity contribution in [1.82, 2.24) is 0 Å². The summed E-state index contributed by atoms with van der Waals surface area (Å²) in [7, 11) is 0. The molecule has 118 valence electrons. The van der Waals surface area contributed by atoms with Crippen LogP contribution in [0.3, 0.4) is 0 Å². The van der Waals surface area contributed by atoms with E-state index >= 15 is 0 Å². The molecule has 0 radical (unpaired) electrons. The molecule has 2 rings (SSSR count). The number of hydrogen-bond acceptors (Lipinski definition) is 2. The summed E-state index contributed by atoms with van der Waals surface area (Å²) in [6.07, 6.45) is 0. The van der Waals surface area contributed by atoms with Crippen molar-refractivity contribution >= 4 is 23.5 Å². The third-order valence-electron chi connectivity index (χ3n) is 3.43. The van der Waals surface area contributed by atoms with Gasteiger partial charge in [0.05, 0.1) is 0 Å². The highest BCUT2D eigenvalue weighted by molar-refractivity contribution is 7.98. The molecule has 0 fully saturated rings. The Morgan fingerprint density at radius 2 is 1.18 bits per heavy atom. The van der Waals surface area contributed by atoms with Gasteiger partial charge >= 0.3 is 0 Å². The van der Waals surface area contributed by atoms with Crippen LogP contribution in [0, 0.1) is 5.92 Å².